The van der Waals surface area contributed by atoms with Crippen LogP contribution in [0.25, 0.3) is 5.13 Å². The van der Waals surface area contributed by atoms with E-state index >= 15 is 0 Å². The summed E-state index contributed by atoms with van der Waals surface area (Å²) < 4.78 is 5.33. The second-order valence-electron chi connectivity index (χ2n) is 6.65. The number of nitrogens with zero attached hydrogens (tertiary/aromatic N) is 8. The number of azo groups is 1. The molecule has 3 aromatic rings. The molecule has 134 valence electrons. The van der Waals surface area contributed by atoms with Crippen LogP contribution in [0.5, 0.6) is 5.88 Å². The average molecular weight is 371 g/mol. The largest absolute Gasteiger partial charge is 0.492 e. The van der Waals surface area contributed by atoms with Crippen LogP contribution >= 0.6 is 11.5 Å². The van der Waals surface area contributed by atoms with Gasteiger partial charge in [0.05, 0.1) is 11.4 Å². The molecule has 0 unspecified atom stereocenters. The first-order valence-electron chi connectivity index (χ1n) is 7.72. The topological polar surface area (TPSA) is 141 Å². The van der Waals surface area contributed by atoms with Gasteiger partial charge < -0.3 is 5.11 Å². The Morgan fingerprint density at radius 3 is 2.58 bits per heavy atom. The minimum absolute atomic E-state index is 0.189. The van der Waals surface area contributed by atoms with Crippen LogP contribution in [0.1, 0.15) is 43.5 Å². The molecule has 2 N–H and O–H groups in total. The van der Waals surface area contributed by atoms with Crippen LogP contribution in [-0.2, 0) is 5.41 Å². The molecular weight excluding hydrogens is 354 g/mol. The van der Waals surface area contributed by atoms with Crippen LogP contribution in [0.15, 0.2) is 10.2 Å². The highest BCUT2D eigenvalue weighted by Gasteiger charge is 2.25. The molecule has 0 fully saturated rings. The monoisotopic (exact) mass is 371 g/mol. The summed E-state index contributed by atoms with van der Waals surface area (Å²) in [5.74, 6) is 0.624. The number of aromatic amines is 1. The lowest BCUT2D eigenvalue weighted by atomic mass is 9.90. The summed E-state index contributed by atoms with van der Waals surface area (Å²) in [5.41, 5.74) is 1.27. The molecule has 0 saturated carbocycles. The number of aromatic nitrogens is 6. The summed E-state index contributed by atoms with van der Waals surface area (Å²) in [7, 11) is 0. The summed E-state index contributed by atoms with van der Waals surface area (Å²) in [6.07, 6.45) is 0. The first-order valence-corrected chi connectivity index (χ1v) is 8.49. The van der Waals surface area contributed by atoms with Crippen molar-refractivity contribution in [2.24, 2.45) is 10.2 Å². The standard InChI is InChI=1S/C15H17N9OS/c1-7-10(13(25)24(22-7)14-17-8(2)23-26-14)18-20-12-9(6-16)11(19-21-12)15(3,4)5/h25H,1-5H3,(H,19,21)/b20-18+. The molecule has 0 spiro atoms. The third kappa shape index (κ3) is 3.06. The first-order chi connectivity index (χ1) is 12.2. The highest BCUT2D eigenvalue weighted by molar-refractivity contribution is 7.08. The van der Waals surface area contributed by atoms with Crippen molar-refractivity contribution in [2.75, 3.05) is 0 Å². The van der Waals surface area contributed by atoms with E-state index in [0.29, 0.717) is 27.9 Å². The molecule has 0 aliphatic carbocycles. The summed E-state index contributed by atoms with van der Waals surface area (Å²) in [6, 6.07) is 2.10. The van der Waals surface area contributed by atoms with E-state index in [2.05, 4.69) is 41.0 Å². The van der Waals surface area contributed by atoms with Crippen molar-refractivity contribution in [3.63, 3.8) is 0 Å². The lowest BCUT2D eigenvalue weighted by molar-refractivity contribution is 0.434. The summed E-state index contributed by atoms with van der Waals surface area (Å²) >= 11 is 1.11. The smallest absolute Gasteiger partial charge is 0.245 e. The number of aromatic hydroxyl groups is 1. The van der Waals surface area contributed by atoms with Gasteiger partial charge in [-0.2, -0.15) is 24.5 Å². The molecule has 11 heteroatoms. The van der Waals surface area contributed by atoms with Gasteiger partial charge in [0, 0.05) is 16.9 Å². The average Bonchev–Trinajstić information content (AvgIpc) is 3.23. The number of hydrogen-bond acceptors (Lipinski definition) is 9. The van der Waals surface area contributed by atoms with Gasteiger partial charge in [0.2, 0.25) is 11.0 Å². The van der Waals surface area contributed by atoms with Gasteiger partial charge >= 0.3 is 0 Å². The zero-order valence-electron chi connectivity index (χ0n) is 14.9. The molecular formula is C15H17N9OS. The van der Waals surface area contributed by atoms with Gasteiger partial charge in [-0.05, 0) is 13.8 Å². The predicted octanol–water partition coefficient (Wildman–Crippen LogP) is 3.35. The van der Waals surface area contributed by atoms with Crippen molar-refractivity contribution in [3.05, 3.63) is 22.8 Å². The molecule has 3 heterocycles. The Balaban J connectivity index is 1.99. The molecule has 0 amide bonds. The Bertz CT molecular complexity index is 1030. The van der Waals surface area contributed by atoms with Crippen LogP contribution in [0.3, 0.4) is 0 Å². The molecule has 10 nitrogen and oxygen atoms in total. The molecule has 3 rings (SSSR count). The minimum atomic E-state index is -0.312. The van der Waals surface area contributed by atoms with Gasteiger partial charge in [-0.25, -0.2) is 4.98 Å². The van der Waals surface area contributed by atoms with Crippen LogP contribution in [0.2, 0.25) is 0 Å². The summed E-state index contributed by atoms with van der Waals surface area (Å²) in [5, 5.41) is 39.5. The van der Waals surface area contributed by atoms with Gasteiger partial charge in [-0.3, -0.25) is 5.10 Å². The summed E-state index contributed by atoms with van der Waals surface area (Å²) in [4.78, 5) is 4.19. The quantitative estimate of drug-likeness (QED) is 0.676. The first kappa shape index (κ1) is 17.7. The van der Waals surface area contributed by atoms with Crippen molar-refractivity contribution in [3.8, 4) is 17.1 Å². The molecule has 0 aromatic carbocycles. The van der Waals surface area contributed by atoms with Crippen molar-refractivity contribution < 1.29 is 5.11 Å². The highest BCUT2D eigenvalue weighted by Crippen LogP contribution is 2.35. The van der Waals surface area contributed by atoms with Crippen LogP contribution in [0, 0.1) is 25.2 Å². The van der Waals surface area contributed by atoms with E-state index < -0.39 is 0 Å². The number of H-pyrrole nitrogens is 1. The maximum Gasteiger partial charge on any atom is 0.245 e. The number of aryl methyl sites for hydroxylation is 2. The molecule has 0 atom stereocenters. The molecule has 0 aliphatic rings. The van der Waals surface area contributed by atoms with Crippen LogP contribution < -0.4 is 0 Å². The summed E-state index contributed by atoms with van der Waals surface area (Å²) in [6.45, 7) is 9.30. The van der Waals surface area contributed by atoms with Crippen LogP contribution in [-0.4, -0.2) is 34.4 Å². The van der Waals surface area contributed by atoms with E-state index in [1.807, 2.05) is 20.8 Å². The molecule has 0 radical (unpaired) electrons. The SMILES string of the molecule is Cc1nsc(-n2nc(C)c(/N=N/c3[nH]nc(C(C)(C)C)c3C#N)c2O)n1. The lowest BCUT2D eigenvalue weighted by Gasteiger charge is -2.14. The Morgan fingerprint density at radius 2 is 2.00 bits per heavy atom. The minimum Gasteiger partial charge on any atom is -0.492 e. The zero-order chi connectivity index (χ0) is 19.1. The molecule has 0 aliphatic heterocycles. The fourth-order valence-corrected chi connectivity index (χ4v) is 2.92. The van der Waals surface area contributed by atoms with E-state index in [-0.39, 0.29) is 22.8 Å². The Morgan fingerprint density at radius 1 is 1.27 bits per heavy atom. The van der Waals surface area contributed by atoms with Gasteiger partial charge in [-0.1, -0.05) is 20.8 Å². The van der Waals surface area contributed by atoms with E-state index in [0.717, 1.165) is 11.5 Å². The van der Waals surface area contributed by atoms with Gasteiger partial charge in [0.15, 0.2) is 11.5 Å². The molecule has 26 heavy (non-hydrogen) atoms. The van der Waals surface area contributed by atoms with Gasteiger partial charge in [-0.15, -0.1) is 10.2 Å². The lowest BCUT2D eigenvalue weighted by Crippen LogP contribution is -2.13. The maximum atomic E-state index is 10.4. The molecule has 0 saturated heterocycles. The normalized spacial score (nSPS) is 12.0. The van der Waals surface area contributed by atoms with Crippen molar-refractivity contribution in [2.45, 2.75) is 40.0 Å². The van der Waals surface area contributed by atoms with Gasteiger partial charge in [0.25, 0.3) is 0 Å². The van der Waals surface area contributed by atoms with Crippen molar-refractivity contribution in [1.82, 2.24) is 29.3 Å². The second-order valence-corrected chi connectivity index (χ2v) is 7.38. The Labute approximate surface area is 153 Å². The van der Waals surface area contributed by atoms with Crippen molar-refractivity contribution in [1.29, 1.82) is 5.26 Å². The third-order valence-corrected chi connectivity index (χ3v) is 4.31. The zero-order valence-corrected chi connectivity index (χ0v) is 15.7. The number of nitrogens with one attached hydrogen (secondary N) is 1. The Kier molecular flexibility index (Phi) is 4.29. The van der Waals surface area contributed by atoms with E-state index in [4.69, 9.17) is 0 Å². The predicted molar refractivity (Wildman–Crippen MR) is 94.3 cm³/mol. The molecule has 0 bridgehead atoms. The fraction of sp³-hybridized carbons (Fsp3) is 0.400. The van der Waals surface area contributed by atoms with E-state index in [9.17, 15) is 10.4 Å². The van der Waals surface area contributed by atoms with Crippen LogP contribution in [0.4, 0.5) is 11.5 Å². The highest BCUT2D eigenvalue weighted by atomic mass is 32.1. The number of nitriles is 1. The number of hydrogen-bond donors (Lipinski definition) is 2. The van der Waals surface area contributed by atoms with Gasteiger partial charge in [0.1, 0.15) is 17.5 Å². The Hall–Kier alpha value is -3.13. The third-order valence-electron chi connectivity index (χ3n) is 3.52. The second kappa shape index (κ2) is 6.30. The number of rotatable bonds is 3. The van der Waals surface area contributed by atoms with E-state index in [1.54, 1.807) is 13.8 Å². The van der Waals surface area contributed by atoms with E-state index in [1.165, 1.54) is 4.68 Å². The van der Waals surface area contributed by atoms with Crippen molar-refractivity contribution >= 4 is 23.0 Å². The molecule has 3 aromatic heterocycles. The fourth-order valence-electron chi connectivity index (χ4n) is 2.28. The maximum absolute atomic E-state index is 10.4.